The van der Waals surface area contributed by atoms with Crippen LogP contribution >= 0.6 is 23.2 Å². The lowest BCUT2D eigenvalue weighted by atomic mass is 10.00. The first-order valence-corrected chi connectivity index (χ1v) is 15.4. The third-order valence-corrected chi connectivity index (χ3v) is 8.12. The van der Waals surface area contributed by atoms with E-state index in [9.17, 15) is 18.0 Å². The van der Waals surface area contributed by atoms with Gasteiger partial charge in [-0.15, -0.1) is 0 Å². The van der Waals surface area contributed by atoms with Crippen molar-refractivity contribution in [3.05, 3.63) is 99.5 Å². The number of amides is 2. The van der Waals surface area contributed by atoms with Crippen LogP contribution in [0.15, 0.2) is 72.8 Å². The van der Waals surface area contributed by atoms with Gasteiger partial charge in [0, 0.05) is 18.5 Å². The van der Waals surface area contributed by atoms with Crippen LogP contribution in [0.3, 0.4) is 0 Å². The Balaban J connectivity index is 2.10. The highest BCUT2D eigenvalue weighted by Gasteiger charge is 2.34. The molecule has 0 aliphatic heterocycles. The first-order valence-electron chi connectivity index (χ1n) is 12.8. The molecular weight excluding hydrogens is 569 g/mol. The molecule has 1 N–H and O–H groups in total. The molecule has 0 saturated carbocycles. The van der Waals surface area contributed by atoms with E-state index in [1.165, 1.54) is 23.1 Å². The summed E-state index contributed by atoms with van der Waals surface area (Å²) in [6.45, 7) is 7.11. The van der Waals surface area contributed by atoms with Crippen LogP contribution < -0.4 is 9.62 Å². The number of halogens is 2. The largest absolute Gasteiger partial charge is 0.350 e. The van der Waals surface area contributed by atoms with E-state index in [4.69, 9.17) is 23.2 Å². The zero-order valence-corrected chi connectivity index (χ0v) is 25.6. The van der Waals surface area contributed by atoms with Crippen LogP contribution in [0.4, 0.5) is 5.69 Å². The maximum absolute atomic E-state index is 14.1. The third kappa shape index (κ3) is 8.71. The summed E-state index contributed by atoms with van der Waals surface area (Å²) in [7, 11) is -3.91. The number of aryl methyl sites for hydroxylation is 1. The molecule has 40 heavy (non-hydrogen) atoms. The molecule has 10 heteroatoms. The fourth-order valence-corrected chi connectivity index (χ4v) is 5.37. The maximum Gasteiger partial charge on any atom is 0.244 e. The second-order valence-electron chi connectivity index (χ2n) is 10.8. The number of hydrogen-bond donors (Lipinski definition) is 1. The number of benzene rings is 3. The molecule has 3 rings (SSSR count). The maximum atomic E-state index is 14.1. The lowest BCUT2D eigenvalue weighted by Gasteiger charge is -2.35. The fraction of sp³-hybridized carbons (Fsp3) is 0.333. The number of nitrogens with one attached hydrogen (secondary N) is 1. The molecule has 214 valence electrons. The summed E-state index contributed by atoms with van der Waals surface area (Å²) in [4.78, 5) is 29.3. The van der Waals surface area contributed by atoms with Crippen LogP contribution in [0, 0.1) is 6.92 Å². The molecule has 1 atom stereocenters. The van der Waals surface area contributed by atoms with Gasteiger partial charge in [0.25, 0.3) is 0 Å². The Morgan fingerprint density at radius 3 is 2.12 bits per heavy atom. The molecule has 2 amide bonds. The van der Waals surface area contributed by atoms with Crippen LogP contribution in [-0.4, -0.2) is 49.5 Å². The molecule has 0 bridgehead atoms. The summed E-state index contributed by atoms with van der Waals surface area (Å²) in [5, 5.41) is 3.42. The number of nitrogens with zero attached hydrogens (tertiary/aromatic N) is 2. The molecule has 0 unspecified atom stereocenters. The van der Waals surface area contributed by atoms with Crippen molar-refractivity contribution in [2.45, 2.75) is 52.2 Å². The number of carbonyl (C=O) groups excluding carboxylic acids is 2. The minimum Gasteiger partial charge on any atom is -0.350 e. The number of rotatable bonds is 10. The average Bonchev–Trinajstić information content (AvgIpc) is 2.86. The normalized spacial score (nSPS) is 12.5. The molecule has 0 aromatic heterocycles. The highest BCUT2D eigenvalue weighted by molar-refractivity contribution is 7.92. The van der Waals surface area contributed by atoms with Crippen LogP contribution in [0.1, 0.15) is 37.5 Å². The van der Waals surface area contributed by atoms with Crippen molar-refractivity contribution in [2.24, 2.45) is 0 Å². The second kappa shape index (κ2) is 13.1. The molecular formula is C30H35Cl2N3O4S. The Kier molecular flexibility index (Phi) is 10.3. The number of anilines is 1. The summed E-state index contributed by atoms with van der Waals surface area (Å²) < 4.78 is 26.7. The van der Waals surface area contributed by atoms with E-state index in [1.807, 2.05) is 82.3 Å². The quantitative estimate of drug-likeness (QED) is 0.326. The van der Waals surface area contributed by atoms with Gasteiger partial charge in [-0.2, -0.15) is 0 Å². The van der Waals surface area contributed by atoms with Crippen molar-refractivity contribution >= 4 is 50.7 Å². The first kappa shape index (κ1) is 31.5. The van der Waals surface area contributed by atoms with Gasteiger partial charge in [0.05, 0.1) is 22.0 Å². The van der Waals surface area contributed by atoms with Crippen molar-refractivity contribution < 1.29 is 18.0 Å². The zero-order chi connectivity index (χ0) is 29.7. The van der Waals surface area contributed by atoms with Crippen LogP contribution in [-0.2, 0) is 32.6 Å². The van der Waals surface area contributed by atoms with Crippen LogP contribution in [0.2, 0.25) is 10.0 Å². The van der Waals surface area contributed by atoms with Gasteiger partial charge in [0.15, 0.2) is 0 Å². The van der Waals surface area contributed by atoms with Gasteiger partial charge in [0.2, 0.25) is 21.8 Å². The SMILES string of the molecule is Cc1ccccc1CN(C(=O)CN(c1ccc(Cl)c(Cl)c1)S(C)(=O)=O)[C@@H](Cc1ccccc1)C(=O)NC(C)(C)C. The highest BCUT2D eigenvalue weighted by atomic mass is 35.5. The number of hydrogen-bond acceptors (Lipinski definition) is 4. The fourth-order valence-electron chi connectivity index (χ4n) is 4.23. The summed E-state index contributed by atoms with van der Waals surface area (Å²) in [6, 6.07) is 20.4. The molecule has 0 heterocycles. The third-order valence-electron chi connectivity index (χ3n) is 6.24. The minimum absolute atomic E-state index is 0.111. The lowest BCUT2D eigenvalue weighted by Crippen LogP contribution is -2.56. The van der Waals surface area contributed by atoms with Crippen molar-refractivity contribution in [3.63, 3.8) is 0 Å². The van der Waals surface area contributed by atoms with Crippen molar-refractivity contribution in [2.75, 3.05) is 17.1 Å². The van der Waals surface area contributed by atoms with E-state index in [2.05, 4.69) is 5.32 Å². The Morgan fingerprint density at radius 1 is 0.925 bits per heavy atom. The molecule has 0 fully saturated rings. The van der Waals surface area contributed by atoms with Crippen LogP contribution in [0.25, 0.3) is 0 Å². The molecule has 0 aliphatic carbocycles. The summed E-state index contributed by atoms with van der Waals surface area (Å²) in [5.41, 5.74) is 2.29. The van der Waals surface area contributed by atoms with Crippen molar-refractivity contribution in [3.8, 4) is 0 Å². The van der Waals surface area contributed by atoms with E-state index >= 15 is 0 Å². The van der Waals surface area contributed by atoms with Crippen molar-refractivity contribution in [1.29, 1.82) is 0 Å². The monoisotopic (exact) mass is 603 g/mol. The van der Waals surface area contributed by atoms with Gasteiger partial charge in [-0.25, -0.2) is 8.42 Å². The molecule has 3 aromatic carbocycles. The summed E-state index contributed by atoms with van der Waals surface area (Å²) in [5.74, 6) is -0.872. The zero-order valence-electron chi connectivity index (χ0n) is 23.3. The topological polar surface area (TPSA) is 86.8 Å². The molecule has 0 aliphatic rings. The standard InChI is InChI=1S/C30H35Cl2N3O4S/c1-21-11-9-10-14-23(21)19-34(27(29(37)33-30(2,3)4)17-22-12-7-6-8-13-22)28(36)20-35(40(5,38)39)24-15-16-25(31)26(32)18-24/h6-16,18,27H,17,19-20H2,1-5H3,(H,33,37)/t27-/m0/s1. The van der Waals surface area contributed by atoms with E-state index < -0.39 is 34.1 Å². The van der Waals surface area contributed by atoms with E-state index in [1.54, 1.807) is 0 Å². The average molecular weight is 605 g/mol. The van der Waals surface area contributed by atoms with Gasteiger partial charge < -0.3 is 10.2 Å². The lowest BCUT2D eigenvalue weighted by molar-refractivity contribution is -0.140. The Labute approximate surface area is 247 Å². The van der Waals surface area contributed by atoms with Gasteiger partial charge >= 0.3 is 0 Å². The van der Waals surface area contributed by atoms with Gasteiger partial charge in [0.1, 0.15) is 12.6 Å². The van der Waals surface area contributed by atoms with Gasteiger partial charge in [-0.1, -0.05) is 77.8 Å². The van der Waals surface area contributed by atoms with Crippen molar-refractivity contribution in [1.82, 2.24) is 10.2 Å². The molecule has 0 radical (unpaired) electrons. The first-order chi connectivity index (χ1) is 18.7. The Hall–Kier alpha value is -3.07. The highest BCUT2D eigenvalue weighted by Crippen LogP contribution is 2.29. The molecule has 0 saturated heterocycles. The minimum atomic E-state index is -3.91. The molecule has 3 aromatic rings. The van der Waals surface area contributed by atoms with E-state index in [0.717, 1.165) is 27.3 Å². The Bertz CT molecular complexity index is 1460. The van der Waals surface area contributed by atoms with E-state index in [-0.39, 0.29) is 34.6 Å². The summed E-state index contributed by atoms with van der Waals surface area (Å²) >= 11 is 12.2. The second-order valence-corrected chi connectivity index (χ2v) is 13.5. The smallest absolute Gasteiger partial charge is 0.244 e. The summed E-state index contributed by atoms with van der Waals surface area (Å²) in [6.07, 6.45) is 1.26. The van der Waals surface area contributed by atoms with Gasteiger partial charge in [-0.3, -0.25) is 13.9 Å². The number of carbonyl (C=O) groups is 2. The predicted octanol–water partition coefficient (Wildman–Crippen LogP) is 5.62. The molecule has 0 spiro atoms. The predicted molar refractivity (Wildman–Crippen MR) is 162 cm³/mol. The van der Waals surface area contributed by atoms with Gasteiger partial charge in [-0.05, 0) is 62.6 Å². The molecule has 7 nitrogen and oxygen atoms in total. The Morgan fingerprint density at radius 2 is 1.55 bits per heavy atom. The van der Waals surface area contributed by atoms with E-state index in [0.29, 0.717) is 0 Å². The number of sulfonamides is 1. The van der Waals surface area contributed by atoms with Crippen LogP contribution in [0.5, 0.6) is 0 Å².